The molecule has 1 unspecified atom stereocenters. The van der Waals surface area contributed by atoms with Gasteiger partial charge in [0.05, 0.1) is 7.11 Å². The predicted molar refractivity (Wildman–Crippen MR) is 74.7 cm³/mol. The summed E-state index contributed by atoms with van der Waals surface area (Å²) in [6.45, 7) is 0. The summed E-state index contributed by atoms with van der Waals surface area (Å²) in [6.07, 6.45) is 1.52. The fourth-order valence-corrected chi connectivity index (χ4v) is 2.24. The van der Waals surface area contributed by atoms with Crippen LogP contribution in [0.2, 0.25) is 0 Å². The lowest BCUT2D eigenvalue weighted by molar-refractivity contribution is -0.141. The molecule has 1 atom stereocenters. The van der Waals surface area contributed by atoms with Crippen molar-refractivity contribution in [2.75, 3.05) is 7.11 Å². The number of carbonyl (C=O) groups is 2. The number of hydrogen-bond donors (Lipinski definition) is 3. The molecule has 1 aromatic carbocycles. The number of carbonyl (C=O) groups excluding carboxylic acids is 2. The molecule has 0 radical (unpaired) electrons. The summed E-state index contributed by atoms with van der Waals surface area (Å²) in [5.74, 6) is -1.36. The van der Waals surface area contributed by atoms with Crippen molar-refractivity contribution >= 4 is 22.6 Å². The maximum atomic E-state index is 11.6. The number of nitrogens with two attached hydrogens (primary N) is 1. The zero-order valence-electron chi connectivity index (χ0n) is 11.4. The van der Waals surface area contributed by atoms with E-state index < -0.39 is 17.9 Å². The Balaban J connectivity index is 2.41. The minimum atomic E-state index is -0.907. The first-order valence-electron chi connectivity index (χ1n) is 6.33. The highest BCUT2D eigenvalue weighted by atomic mass is 16.5. The van der Waals surface area contributed by atoms with Crippen LogP contribution in [0.15, 0.2) is 24.4 Å². The standard InChI is InChI=1S/C14H16N2O5/c1-21-12(18)6-5-10(13(15)19)16-7-9-8(14(16)20)3-2-4-11(9)17/h2-4,7,10,17,20H,5-6H2,1H3,(H2,15,19). The van der Waals surface area contributed by atoms with Gasteiger partial charge in [-0.3, -0.25) is 9.59 Å². The van der Waals surface area contributed by atoms with Crippen LogP contribution in [0.25, 0.3) is 10.8 Å². The van der Waals surface area contributed by atoms with Gasteiger partial charge in [-0.05, 0) is 18.6 Å². The second-order valence-electron chi connectivity index (χ2n) is 4.63. The quantitative estimate of drug-likeness (QED) is 0.712. The minimum Gasteiger partial charge on any atom is -0.507 e. The van der Waals surface area contributed by atoms with Crippen molar-refractivity contribution < 1.29 is 24.5 Å². The molecule has 0 aliphatic rings. The monoisotopic (exact) mass is 292 g/mol. The summed E-state index contributed by atoms with van der Waals surface area (Å²) in [6, 6.07) is 3.75. The highest BCUT2D eigenvalue weighted by molar-refractivity contribution is 5.93. The second-order valence-corrected chi connectivity index (χ2v) is 4.63. The van der Waals surface area contributed by atoms with Crippen LogP contribution >= 0.6 is 0 Å². The third-order valence-corrected chi connectivity index (χ3v) is 3.35. The molecule has 1 aromatic heterocycles. The van der Waals surface area contributed by atoms with Gasteiger partial charge in [0.1, 0.15) is 11.8 Å². The minimum absolute atomic E-state index is 0.00987. The lowest BCUT2D eigenvalue weighted by Gasteiger charge is -2.15. The van der Waals surface area contributed by atoms with Crippen LogP contribution in [0.4, 0.5) is 0 Å². The molecular weight excluding hydrogens is 276 g/mol. The van der Waals surface area contributed by atoms with Gasteiger partial charge >= 0.3 is 5.97 Å². The Hall–Kier alpha value is -2.70. The van der Waals surface area contributed by atoms with Crippen molar-refractivity contribution in [2.45, 2.75) is 18.9 Å². The average Bonchev–Trinajstić information content (AvgIpc) is 2.78. The molecule has 0 bridgehead atoms. The third kappa shape index (κ3) is 2.76. The number of phenols is 1. The van der Waals surface area contributed by atoms with Crippen molar-refractivity contribution in [1.29, 1.82) is 0 Å². The maximum Gasteiger partial charge on any atom is 0.305 e. The Kier molecular flexibility index (Phi) is 4.02. The molecule has 0 aliphatic carbocycles. The molecule has 7 heteroatoms. The summed E-state index contributed by atoms with van der Waals surface area (Å²) in [5, 5.41) is 20.8. The molecule has 2 aromatic rings. The van der Waals surface area contributed by atoms with Gasteiger partial charge in [0.15, 0.2) is 5.88 Å². The largest absolute Gasteiger partial charge is 0.507 e. The van der Waals surface area contributed by atoms with E-state index in [0.29, 0.717) is 10.8 Å². The van der Waals surface area contributed by atoms with Crippen LogP contribution in [0.1, 0.15) is 18.9 Å². The number of nitrogens with zero attached hydrogens (tertiary/aromatic N) is 1. The Morgan fingerprint density at radius 2 is 2.05 bits per heavy atom. The highest BCUT2D eigenvalue weighted by Crippen LogP contribution is 2.35. The van der Waals surface area contributed by atoms with E-state index in [2.05, 4.69) is 4.74 Å². The van der Waals surface area contributed by atoms with Gasteiger partial charge in [-0.25, -0.2) is 0 Å². The van der Waals surface area contributed by atoms with Crippen molar-refractivity contribution in [2.24, 2.45) is 5.73 Å². The smallest absolute Gasteiger partial charge is 0.305 e. The normalized spacial score (nSPS) is 12.2. The zero-order chi connectivity index (χ0) is 15.6. The number of methoxy groups -OCH3 is 1. The summed E-state index contributed by atoms with van der Waals surface area (Å²) < 4.78 is 5.78. The molecule has 7 nitrogen and oxygen atoms in total. The second kappa shape index (κ2) is 5.74. The number of hydrogen-bond acceptors (Lipinski definition) is 5. The van der Waals surface area contributed by atoms with Crippen LogP contribution in [-0.2, 0) is 14.3 Å². The Labute approximate surface area is 120 Å². The van der Waals surface area contributed by atoms with Gasteiger partial charge in [0.2, 0.25) is 5.91 Å². The zero-order valence-corrected chi connectivity index (χ0v) is 11.4. The lowest BCUT2D eigenvalue weighted by Crippen LogP contribution is -2.26. The van der Waals surface area contributed by atoms with Crippen LogP contribution in [0.3, 0.4) is 0 Å². The number of ether oxygens (including phenoxy) is 1. The molecule has 1 heterocycles. The number of benzene rings is 1. The van der Waals surface area contributed by atoms with Crippen molar-refractivity contribution in [3.05, 3.63) is 24.4 Å². The van der Waals surface area contributed by atoms with Gasteiger partial charge < -0.3 is 25.3 Å². The number of aromatic nitrogens is 1. The van der Waals surface area contributed by atoms with Gasteiger partial charge in [-0.2, -0.15) is 0 Å². The van der Waals surface area contributed by atoms with Crippen LogP contribution < -0.4 is 5.73 Å². The van der Waals surface area contributed by atoms with Crippen LogP contribution in [0, 0.1) is 0 Å². The maximum absolute atomic E-state index is 11.6. The molecule has 21 heavy (non-hydrogen) atoms. The molecule has 2 rings (SSSR count). The van der Waals surface area contributed by atoms with E-state index in [0.717, 1.165) is 0 Å². The van der Waals surface area contributed by atoms with E-state index in [1.807, 2.05) is 0 Å². The molecule has 0 fully saturated rings. The Morgan fingerprint density at radius 1 is 1.33 bits per heavy atom. The molecule has 0 spiro atoms. The number of amides is 1. The number of primary amides is 1. The van der Waals surface area contributed by atoms with Crippen molar-refractivity contribution in [1.82, 2.24) is 4.57 Å². The SMILES string of the molecule is COC(=O)CCC(C(N)=O)n1cc2c(O)cccc2c1O. The van der Waals surface area contributed by atoms with E-state index in [4.69, 9.17) is 5.73 Å². The predicted octanol–water partition coefficient (Wildman–Crippen LogP) is 1.03. The number of fused-ring (bicyclic) bond motifs is 1. The van der Waals surface area contributed by atoms with E-state index >= 15 is 0 Å². The summed E-state index contributed by atoms with van der Waals surface area (Å²) in [4.78, 5) is 22.8. The van der Waals surface area contributed by atoms with Gasteiger partial charge in [-0.15, -0.1) is 0 Å². The summed E-state index contributed by atoms with van der Waals surface area (Å²) >= 11 is 0. The fourth-order valence-electron chi connectivity index (χ4n) is 2.24. The first kappa shape index (κ1) is 14.7. The van der Waals surface area contributed by atoms with Crippen molar-refractivity contribution in [3.63, 3.8) is 0 Å². The summed E-state index contributed by atoms with van der Waals surface area (Å²) in [7, 11) is 1.25. The first-order valence-corrected chi connectivity index (χ1v) is 6.33. The number of aromatic hydroxyl groups is 2. The molecule has 0 saturated carbocycles. The number of phenolic OH excluding ortho intramolecular Hbond substituents is 1. The highest BCUT2D eigenvalue weighted by Gasteiger charge is 2.23. The fraction of sp³-hybridized carbons (Fsp3) is 0.286. The molecular formula is C14H16N2O5. The van der Waals surface area contributed by atoms with Crippen LogP contribution in [0.5, 0.6) is 11.6 Å². The average molecular weight is 292 g/mol. The van der Waals surface area contributed by atoms with Gasteiger partial charge in [0, 0.05) is 23.4 Å². The van der Waals surface area contributed by atoms with E-state index in [-0.39, 0.29) is 24.5 Å². The number of rotatable bonds is 5. The third-order valence-electron chi connectivity index (χ3n) is 3.35. The molecule has 0 aliphatic heterocycles. The Bertz CT molecular complexity index is 692. The van der Waals surface area contributed by atoms with Gasteiger partial charge in [0.25, 0.3) is 0 Å². The van der Waals surface area contributed by atoms with E-state index in [9.17, 15) is 19.8 Å². The summed E-state index contributed by atoms with van der Waals surface area (Å²) in [5.41, 5.74) is 5.34. The molecule has 0 saturated heterocycles. The lowest BCUT2D eigenvalue weighted by atomic mass is 10.1. The van der Waals surface area contributed by atoms with Gasteiger partial charge in [-0.1, -0.05) is 6.07 Å². The Morgan fingerprint density at radius 3 is 2.62 bits per heavy atom. The van der Waals surface area contributed by atoms with E-state index in [1.54, 1.807) is 12.1 Å². The molecule has 112 valence electrons. The molecule has 4 N–H and O–H groups in total. The van der Waals surface area contributed by atoms with Crippen molar-refractivity contribution in [3.8, 4) is 11.6 Å². The van der Waals surface area contributed by atoms with E-state index in [1.165, 1.54) is 23.9 Å². The number of esters is 1. The first-order chi connectivity index (χ1) is 9.95. The van der Waals surface area contributed by atoms with Crippen LogP contribution in [-0.4, -0.2) is 33.8 Å². The topological polar surface area (TPSA) is 115 Å². The molecule has 1 amide bonds.